The van der Waals surface area contributed by atoms with E-state index in [4.69, 9.17) is 16.9 Å². The second kappa shape index (κ2) is 4.99. The predicted octanol–water partition coefficient (Wildman–Crippen LogP) is 3.44. The van der Waals surface area contributed by atoms with Gasteiger partial charge in [-0.05, 0) is 35.8 Å². The van der Waals surface area contributed by atoms with E-state index >= 15 is 0 Å². The Bertz CT molecular complexity index is 722. The lowest BCUT2D eigenvalue weighted by Gasteiger charge is -2.14. The van der Waals surface area contributed by atoms with Crippen molar-refractivity contribution in [3.8, 4) is 6.07 Å². The van der Waals surface area contributed by atoms with E-state index in [0.29, 0.717) is 22.7 Å². The van der Waals surface area contributed by atoms with Gasteiger partial charge in [0.05, 0.1) is 17.7 Å². The number of fused-ring (bicyclic) bond motifs is 1. The van der Waals surface area contributed by atoms with Crippen LogP contribution in [0.5, 0.6) is 0 Å². The van der Waals surface area contributed by atoms with E-state index in [-0.39, 0.29) is 5.91 Å². The number of carbonyl (C=O) groups excluding carboxylic acids is 1. The van der Waals surface area contributed by atoms with Crippen LogP contribution >= 0.6 is 11.6 Å². The van der Waals surface area contributed by atoms with Gasteiger partial charge in [-0.3, -0.25) is 4.79 Å². The molecule has 2 aliphatic rings. The van der Waals surface area contributed by atoms with E-state index in [9.17, 15) is 4.79 Å². The smallest absolute Gasteiger partial charge is 0.259 e. The molecule has 0 unspecified atom stereocenters. The molecule has 0 aromatic heterocycles. The zero-order valence-electron chi connectivity index (χ0n) is 10.6. The van der Waals surface area contributed by atoms with Gasteiger partial charge in [0, 0.05) is 11.2 Å². The third-order valence-electron chi connectivity index (χ3n) is 3.43. The number of halogens is 1. The Kier molecular flexibility index (Phi) is 3.17. The first-order valence-corrected chi connectivity index (χ1v) is 6.64. The van der Waals surface area contributed by atoms with Crippen LogP contribution in [-0.4, -0.2) is 17.4 Å². The summed E-state index contributed by atoms with van der Waals surface area (Å²) < 4.78 is 0. The molecule has 0 radical (unpaired) electrons. The molecule has 0 bridgehead atoms. The molecule has 1 heterocycles. The minimum atomic E-state index is -0.166. The summed E-state index contributed by atoms with van der Waals surface area (Å²) in [5.74, 6) is -0.166. The van der Waals surface area contributed by atoms with Crippen LogP contribution < -0.4 is 0 Å². The predicted molar refractivity (Wildman–Crippen MR) is 77.1 cm³/mol. The van der Waals surface area contributed by atoms with Gasteiger partial charge >= 0.3 is 0 Å². The fraction of sp³-hybridized carbons (Fsp3) is 0.125. The van der Waals surface area contributed by atoms with E-state index < -0.39 is 0 Å². The molecule has 0 atom stereocenters. The average molecular weight is 283 g/mol. The molecule has 1 amide bonds. The summed E-state index contributed by atoms with van der Waals surface area (Å²) in [7, 11) is 0. The highest BCUT2D eigenvalue weighted by Crippen LogP contribution is 2.28. The number of hydrogen-bond donors (Lipinski definition) is 0. The first-order chi connectivity index (χ1) is 9.69. The highest BCUT2D eigenvalue weighted by Gasteiger charge is 2.25. The molecule has 20 heavy (non-hydrogen) atoms. The lowest BCUT2D eigenvalue weighted by Crippen LogP contribution is -2.25. The number of amides is 1. The van der Waals surface area contributed by atoms with Crippen molar-refractivity contribution in [1.29, 1.82) is 5.26 Å². The van der Waals surface area contributed by atoms with Crippen molar-refractivity contribution < 1.29 is 4.79 Å². The van der Waals surface area contributed by atoms with Crippen LogP contribution in [0.4, 0.5) is 0 Å². The molecular formula is C16H11ClN2O. The van der Waals surface area contributed by atoms with Crippen LogP contribution in [-0.2, 0) is 0 Å². The first kappa shape index (κ1) is 12.7. The highest BCUT2D eigenvalue weighted by atomic mass is 35.5. The lowest BCUT2D eigenvalue weighted by atomic mass is 10.0. The van der Waals surface area contributed by atoms with Crippen LogP contribution in [0.15, 0.2) is 53.8 Å². The van der Waals surface area contributed by atoms with E-state index in [0.717, 1.165) is 17.6 Å². The zero-order chi connectivity index (χ0) is 14.1. The van der Waals surface area contributed by atoms with Crippen molar-refractivity contribution in [2.75, 3.05) is 6.54 Å². The fourth-order valence-corrected chi connectivity index (χ4v) is 2.58. The summed E-state index contributed by atoms with van der Waals surface area (Å²) in [5.41, 5.74) is 3.02. The molecule has 0 saturated carbocycles. The minimum absolute atomic E-state index is 0.166. The Morgan fingerprint density at radius 2 is 2.20 bits per heavy atom. The van der Waals surface area contributed by atoms with Gasteiger partial charge in [-0.2, -0.15) is 5.26 Å². The van der Waals surface area contributed by atoms with Gasteiger partial charge in [-0.25, -0.2) is 0 Å². The number of nitriles is 1. The van der Waals surface area contributed by atoms with Gasteiger partial charge in [0.15, 0.2) is 0 Å². The van der Waals surface area contributed by atoms with E-state index in [2.05, 4.69) is 6.08 Å². The zero-order valence-corrected chi connectivity index (χ0v) is 11.4. The maximum atomic E-state index is 12.5. The van der Waals surface area contributed by atoms with Crippen molar-refractivity contribution in [3.05, 3.63) is 69.9 Å². The SMILES string of the molecule is N#Cc1cc(Cl)ccc1C(=O)N1C=C2CC=CC=C2C1. The van der Waals surface area contributed by atoms with Crippen LogP contribution in [0.25, 0.3) is 0 Å². The normalized spacial score (nSPS) is 16.3. The van der Waals surface area contributed by atoms with Gasteiger partial charge in [-0.1, -0.05) is 29.8 Å². The molecule has 3 rings (SSSR count). The lowest BCUT2D eigenvalue weighted by molar-refractivity contribution is 0.0838. The molecule has 1 aromatic rings. The molecule has 4 heteroatoms. The molecular weight excluding hydrogens is 272 g/mol. The Balaban J connectivity index is 1.92. The van der Waals surface area contributed by atoms with E-state index in [1.165, 1.54) is 6.07 Å². The summed E-state index contributed by atoms with van der Waals surface area (Å²) in [6, 6.07) is 6.78. The number of allylic oxidation sites excluding steroid dienone is 3. The van der Waals surface area contributed by atoms with Crippen LogP contribution in [0.3, 0.4) is 0 Å². The topological polar surface area (TPSA) is 44.1 Å². The van der Waals surface area contributed by atoms with Gasteiger partial charge in [-0.15, -0.1) is 0 Å². The second-order valence-corrected chi connectivity index (χ2v) is 5.15. The number of benzene rings is 1. The Morgan fingerprint density at radius 1 is 1.35 bits per heavy atom. The van der Waals surface area contributed by atoms with Crippen molar-refractivity contribution in [3.63, 3.8) is 0 Å². The second-order valence-electron chi connectivity index (χ2n) is 4.71. The quantitative estimate of drug-likeness (QED) is 0.792. The maximum absolute atomic E-state index is 12.5. The Morgan fingerprint density at radius 3 is 2.95 bits per heavy atom. The molecule has 0 N–H and O–H groups in total. The number of rotatable bonds is 1. The summed E-state index contributed by atoms with van der Waals surface area (Å²) in [4.78, 5) is 14.2. The number of hydrogen-bond acceptors (Lipinski definition) is 2. The van der Waals surface area contributed by atoms with Crippen molar-refractivity contribution >= 4 is 17.5 Å². The third-order valence-corrected chi connectivity index (χ3v) is 3.66. The molecule has 1 aliphatic carbocycles. The molecule has 0 fully saturated rings. The van der Waals surface area contributed by atoms with Crippen molar-refractivity contribution in [2.45, 2.75) is 6.42 Å². The minimum Gasteiger partial charge on any atom is -0.310 e. The fourth-order valence-electron chi connectivity index (χ4n) is 2.41. The number of nitrogens with zero attached hydrogens (tertiary/aromatic N) is 2. The third kappa shape index (κ3) is 2.15. The summed E-state index contributed by atoms with van der Waals surface area (Å²) in [5, 5.41) is 9.58. The van der Waals surface area contributed by atoms with E-state index in [1.807, 2.05) is 24.4 Å². The summed E-state index contributed by atoms with van der Waals surface area (Å²) in [6.07, 6.45) is 8.81. The highest BCUT2D eigenvalue weighted by molar-refractivity contribution is 6.30. The van der Waals surface area contributed by atoms with Gasteiger partial charge in [0.25, 0.3) is 5.91 Å². The molecule has 98 valence electrons. The van der Waals surface area contributed by atoms with Crippen LogP contribution in [0.2, 0.25) is 5.02 Å². The number of carbonyl (C=O) groups is 1. The summed E-state index contributed by atoms with van der Waals surface area (Å²) in [6.45, 7) is 0.562. The van der Waals surface area contributed by atoms with Gasteiger partial charge in [0.1, 0.15) is 6.07 Å². The Labute approximate surface area is 122 Å². The molecule has 0 spiro atoms. The van der Waals surface area contributed by atoms with Gasteiger partial charge < -0.3 is 4.90 Å². The van der Waals surface area contributed by atoms with Gasteiger partial charge in [0.2, 0.25) is 0 Å². The molecule has 3 nitrogen and oxygen atoms in total. The molecule has 1 aromatic carbocycles. The van der Waals surface area contributed by atoms with Crippen molar-refractivity contribution in [2.24, 2.45) is 0 Å². The van der Waals surface area contributed by atoms with Crippen molar-refractivity contribution in [1.82, 2.24) is 4.90 Å². The van der Waals surface area contributed by atoms with Crippen LogP contribution in [0.1, 0.15) is 22.3 Å². The largest absolute Gasteiger partial charge is 0.310 e. The van der Waals surface area contributed by atoms with Crippen LogP contribution in [0, 0.1) is 11.3 Å². The molecule has 0 saturated heterocycles. The standard InChI is InChI=1S/C16H11ClN2O/c17-14-5-6-15(13(7-14)8-18)16(20)19-9-11-3-1-2-4-12(11)10-19/h1-3,5-7,10H,4,9H2. The Hall–Kier alpha value is -2.31. The summed E-state index contributed by atoms with van der Waals surface area (Å²) >= 11 is 5.85. The monoisotopic (exact) mass is 282 g/mol. The average Bonchev–Trinajstić information content (AvgIpc) is 2.90. The first-order valence-electron chi connectivity index (χ1n) is 6.26. The molecule has 1 aliphatic heterocycles. The maximum Gasteiger partial charge on any atom is 0.259 e. The van der Waals surface area contributed by atoms with E-state index in [1.54, 1.807) is 17.0 Å².